The molecule has 0 radical (unpaired) electrons. The molecule has 9 heavy (non-hydrogen) atoms. The van der Waals surface area contributed by atoms with Gasteiger partial charge in [0.25, 0.3) is 0 Å². The van der Waals surface area contributed by atoms with E-state index in [1.54, 1.807) is 0 Å². The second kappa shape index (κ2) is 3.17. The zero-order valence-corrected chi connectivity index (χ0v) is 7.57. The summed E-state index contributed by atoms with van der Waals surface area (Å²) in [7, 11) is 0. The van der Waals surface area contributed by atoms with Crippen molar-refractivity contribution < 1.29 is 0 Å². The van der Waals surface area contributed by atoms with Gasteiger partial charge in [0.2, 0.25) is 0 Å². The van der Waals surface area contributed by atoms with Crippen molar-refractivity contribution >= 4 is 23.5 Å². The number of nitrogens with one attached hydrogen (secondary N) is 1. The molecule has 0 amide bonds. The fourth-order valence-corrected chi connectivity index (χ4v) is 2.69. The Bertz CT molecular complexity index is 89.1. The first kappa shape index (κ1) is 7.76. The molecule has 1 heterocycles. The van der Waals surface area contributed by atoms with Crippen molar-refractivity contribution in [1.29, 1.82) is 0 Å². The van der Waals surface area contributed by atoms with Gasteiger partial charge in [-0.15, -0.1) is 23.5 Å². The highest BCUT2D eigenvalue weighted by Crippen LogP contribution is 2.34. The van der Waals surface area contributed by atoms with Crippen molar-refractivity contribution in [3.63, 3.8) is 0 Å². The van der Waals surface area contributed by atoms with Crippen LogP contribution in [0.2, 0.25) is 0 Å². The quantitative estimate of drug-likeness (QED) is 0.632. The lowest BCUT2D eigenvalue weighted by molar-refractivity contribution is 0.619. The molecule has 0 aromatic carbocycles. The van der Waals surface area contributed by atoms with Crippen LogP contribution in [0.15, 0.2) is 0 Å². The lowest BCUT2D eigenvalue weighted by atomic mass is 10.4. The summed E-state index contributed by atoms with van der Waals surface area (Å²) < 4.78 is 0.304. The van der Waals surface area contributed by atoms with Crippen LogP contribution in [0.4, 0.5) is 0 Å². The molecule has 1 atom stereocenters. The van der Waals surface area contributed by atoms with Gasteiger partial charge in [-0.2, -0.15) is 0 Å². The minimum atomic E-state index is 0.304. The van der Waals surface area contributed by atoms with Crippen LogP contribution >= 0.6 is 23.5 Å². The SMILES string of the molecule is CSC1(C)NCCCS1. The minimum Gasteiger partial charge on any atom is -0.295 e. The van der Waals surface area contributed by atoms with E-state index in [4.69, 9.17) is 0 Å². The fraction of sp³-hybridized carbons (Fsp3) is 1.00. The largest absolute Gasteiger partial charge is 0.295 e. The van der Waals surface area contributed by atoms with Gasteiger partial charge < -0.3 is 0 Å². The maximum absolute atomic E-state index is 3.47. The Morgan fingerprint density at radius 1 is 1.67 bits per heavy atom. The van der Waals surface area contributed by atoms with Gasteiger partial charge in [0.1, 0.15) is 4.20 Å². The highest BCUT2D eigenvalue weighted by atomic mass is 32.2. The van der Waals surface area contributed by atoms with Crippen molar-refractivity contribution in [2.75, 3.05) is 18.6 Å². The van der Waals surface area contributed by atoms with Crippen LogP contribution in [0, 0.1) is 0 Å². The summed E-state index contributed by atoms with van der Waals surface area (Å²) in [6, 6.07) is 0. The summed E-state index contributed by atoms with van der Waals surface area (Å²) in [6.45, 7) is 3.44. The number of rotatable bonds is 1. The van der Waals surface area contributed by atoms with E-state index < -0.39 is 0 Å². The summed E-state index contributed by atoms with van der Waals surface area (Å²) in [6.07, 6.45) is 3.48. The van der Waals surface area contributed by atoms with E-state index in [1.807, 2.05) is 23.5 Å². The summed E-state index contributed by atoms with van der Waals surface area (Å²) in [5.74, 6) is 1.31. The van der Waals surface area contributed by atoms with Gasteiger partial charge in [-0.3, -0.25) is 5.32 Å². The zero-order valence-electron chi connectivity index (χ0n) is 5.94. The van der Waals surface area contributed by atoms with E-state index in [2.05, 4.69) is 18.5 Å². The van der Waals surface area contributed by atoms with E-state index in [-0.39, 0.29) is 0 Å². The second-order valence-electron chi connectivity index (χ2n) is 2.28. The van der Waals surface area contributed by atoms with Gasteiger partial charge in [-0.25, -0.2) is 0 Å². The van der Waals surface area contributed by atoms with Crippen LogP contribution in [-0.4, -0.2) is 22.8 Å². The van der Waals surface area contributed by atoms with Gasteiger partial charge in [-0.05, 0) is 31.9 Å². The van der Waals surface area contributed by atoms with Crippen LogP contribution in [0.3, 0.4) is 0 Å². The Morgan fingerprint density at radius 3 is 2.78 bits per heavy atom. The predicted octanol–water partition coefficient (Wildman–Crippen LogP) is 1.75. The summed E-state index contributed by atoms with van der Waals surface area (Å²) >= 11 is 3.92. The van der Waals surface area contributed by atoms with Crippen LogP contribution < -0.4 is 5.32 Å². The van der Waals surface area contributed by atoms with Gasteiger partial charge in [0, 0.05) is 0 Å². The lowest BCUT2D eigenvalue weighted by Crippen LogP contribution is -2.40. The highest BCUT2D eigenvalue weighted by Gasteiger charge is 2.24. The van der Waals surface area contributed by atoms with Crippen molar-refractivity contribution in [3.05, 3.63) is 0 Å². The van der Waals surface area contributed by atoms with Crippen LogP contribution in [0.1, 0.15) is 13.3 Å². The molecule has 1 aliphatic rings. The molecule has 1 fully saturated rings. The van der Waals surface area contributed by atoms with Crippen molar-refractivity contribution in [2.45, 2.75) is 17.5 Å². The molecule has 0 saturated carbocycles. The first-order chi connectivity index (χ1) is 4.27. The molecule has 0 aliphatic carbocycles. The Morgan fingerprint density at radius 2 is 2.44 bits per heavy atom. The van der Waals surface area contributed by atoms with Gasteiger partial charge >= 0.3 is 0 Å². The molecule has 1 saturated heterocycles. The topological polar surface area (TPSA) is 12.0 Å². The third-order valence-corrected chi connectivity index (χ3v) is 4.50. The molecule has 1 unspecified atom stereocenters. The van der Waals surface area contributed by atoms with E-state index in [0.29, 0.717) is 4.20 Å². The molecular weight excluding hydrogens is 150 g/mol. The minimum absolute atomic E-state index is 0.304. The maximum Gasteiger partial charge on any atom is 0.108 e. The van der Waals surface area contributed by atoms with Gasteiger partial charge in [0.15, 0.2) is 0 Å². The molecular formula is C6H13NS2. The van der Waals surface area contributed by atoms with Crippen molar-refractivity contribution in [1.82, 2.24) is 5.32 Å². The molecule has 54 valence electrons. The standard InChI is InChI=1S/C6H13NS2/c1-6(8-2)7-4-3-5-9-6/h7H,3-5H2,1-2H3. The molecule has 0 aromatic rings. The zero-order chi connectivity index (χ0) is 6.74. The third kappa shape index (κ3) is 2.06. The Balaban J connectivity index is 2.37. The second-order valence-corrected chi connectivity index (χ2v) is 5.28. The molecule has 1 nitrogen and oxygen atoms in total. The highest BCUT2D eigenvalue weighted by molar-refractivity contribution is 8.17. The molecule has 1 rings (SSSR count). The van der Waals surface area contributed by atoms with Gasteiger partial charge in [-0.1, -0.05) is 0 Å². The predicted molar refractivity (Wildman–Crippen MR) is 47.0 cm³/mol. The lowest BCUT2D eigenvalue weighted by Gasteiger charge is -2.32. The summed E-state index contributed by atoms with van der Waals surface area (Å²) in [5.41, 5.74) is 0. The Labute approximate surface area is 65.4 Å². The molecule has 0 bridgehead atoms. The van der Waals surface area contributed by atoms with Crippen LogP contribution in [0.5, 0.6) is 0 Å². The van der Waals surface area contributed by atoms with Crippen molar-refractivity contribution in [2.24, 2.45) is 0 Å². The van der Waals surface area contributed by atoms with Gasteiger partial charge in [0.05, 0.1) is 0 Å². The monoisotopic (exact) mass is 163 g/mol. The van der Waals surface area contributed by atoms with E-state index in [9.17, 15) is 0 Å². The van der Waals surface area contributed by atoms with E-state index in [1.165, 1.54) is 18.7 Å². The van der Waals surface area contributed by atoms with E-state index in [0.717, 1.165) is 0 Å². The van der Waals surface area contributed by atoms with Crippen LogP contribution in [0.25, 0.3) is 0 Å². The molecule has 0 spiro atoms. The molecule has 0 aromatic heterocycles. The molecule has 3 heteroatoms. The number of hydrogen-bond donors (Lipinski definition) is 1. The first-order valence-electron chi connectivity index (χ1n) is 3.21. The Hall–Kier alpha value is 0.660. The average molecular weight is 163 g/mol. The van der Waals surface area contributed by atoms with E-state index >= 15 is 0 Å². The maximum atomic E-state index is 3.47. The number of hydrogen-bond acceptors (Lipinski definition) is 3. The molecule has 1 N–H and O–H groups in total. The smallest absolute Gasteiger partial charge is 0.108 e. The normalized spacial score (nSPS) is 36.7. The van der Waals surface area contributed by atoms with Crippen molar-refractivity contribution in [3.8, 4) is 0 Å². The first-order valence-corrected chi connectivity index (χ1v) is 5.42. The number of thioether (sulfide) groups is 2. The Kier molecular flexibility index (Phi) is 2.73. The van der Waals surface area contributed by atoms with Crippen LogP contribution in [-0.2, 0) is 0 Å². The fourth-order valence-electron chi connectivity index (χ4n) is 0.837. The average Bonchev–Trinajstić information content (AvgIpc) is 1.90. The molecule has 1 aliphatic heterocycles. The summed E-state index contributed by atoms with van der Waals surface area (Å²) in [4.78, 5) is 0. The third-order valence-electron chi connectivity index (χ3n) is 1.53. The summed E-state index contributed by atoms with van der Waals surface area (Å²) in [5, 5.41) is 3.47.